The lowest BCUT2D eigenvalue weighted by Gasteiger charge is -2.25. The van der Waals surface area contributed by atoms with Crippen molar-refractivity contribution in [3.8, 4) is 0 Å². The molecule has 33 heavy (non-hydrogen) atoms. The average Bonchev–Trinajstić information content (AvgIpc) is 3.40. The predicted molar refractivity (Wildman–Crippen MR) is 108 cm³/mol. The highest BCUT2D eigenvalue weighted by Crippen LogP contribution is 2.40. The van der Waals surface area contributed by atoms with Crippen LogP contribution in [0.5, 0.6) is 0 Å². The molecule has 2 saturated heterocycles. The molecule has 1 aromatic carbocycles. The number of alkyl halides is 4. The van der Waals surface area contributed by atoms with Crippen molar-refractivity contribution in [2.24, 2.45) is 0 Å². The van der Waals surface area contributed by atoms with Gasteiger partial charge in [-0.05, 0) is 23.8 Å². The first-order valence-corrected chi connectivity index (χ1v) is 10.2. The van der Waals surface area contributed by atoms with E-state index in [0.29, 0.717) is 17.0 Å². The van der Waals surface area contributed by atoms with Crippen LogP contribution < -0.4 is 15.5 Å². The van der Waals surface area contributed by atoms with E-state index in [4.69, 9.17) is 0 Å². The van der Waals surface area contributed by atoms with Gasteiger partial charge in [-0.25, -0.2) is 18.7 Å². The average molecular weight is 462 g/mol. The second kappa shape index (κ2) is 7.42. The molecule has 0 spiro atoms. The van der Waals surface area contributed by atoms with E-state index < -0.39 is 35.3 Å². The molecular formula is C21H18F4N6O2. The number of imide groups is 1. The maximum Gasteiger partial charge on any atom is 0.416 e. The summed E-state index contributed by atoms with van der Waals surface area (Å²) in [4.78, 5) is 29.7. The minimum absolute atomic E-state index is 0.0654. The highest BCUT2D eigenvalue weighted by Gasteiger charge is 2.42. The Morgan fingerprint density at radius 1 is 1.15 bits per heavy atom. The Hall–Kier alpha value is -3.70. The van der Waals surface area contributed by atoms with Gasteiger partial charge in [0.25, 0.3) is 0 Å². The number of urea groups is 1. The number of amides is 3. The van der Waals surface area contributed by atoms with Gasteiger partial charge in [-0.3, -0.25) is 10.1 Å². The molecule has 12 heteroatoms. The van der Waals surface area contributed by atoms with Crippen molar-refractivity contribution in [2.75, 3.05) is 24.5 Å². The number of aromatic nitrogens is 3. The summed E-state index contributed by atoms with van der Waals surface area (Å²) in [5, 5.41) is 9.16. The SMILES string of the molecule is O=C1NCC(c2cc(N3CCC(F)(c4ccc(C(F)(F)F)cc4)C3)c3nccn3n2)C(=O)N1. The minimum Gasteiger partial charge on any atom is -0.365 e. The van der Waals surface area contributed by atoms with Crippen LogP contribution in [0, 0.1) is 0 Å². The van der Waals surface area contributed by atoms with E-state index in [9.17, 15) is 22.8 Å². The molecule has 0 saturated carbocycles. The first kappa shape index (κ1) is 21.2. The largest absolute Gasteiger partial charge is 0.416 e. The zero-order chi connectivity index (χ0) is 23.4. The van der Waals surface area contributed by atoms with Crippen molar-refractivity contribution >= 4 is 23.3 Å². The maximum absolute atomic E-state index is 15.8. The molecule has 3 amide bonds. The Balaban J connectivity index is 1.46. The third kappa shape index (κ3) is 3.74. The van der Waals surface area contributed by atoms with Crippen LogP contribution in [0.4, 0.5) is 28.0 Å². The number of carbonyl (C=O) groups is 2. The molecular weight excluding hydrogens is 444 g/mol. The van der Waals surface area contributed by atoms with Crippen molar-refractivity contribution < 1.29 is 27.2 Å². The van der Waals surface area contributed by atoms with Crippen LogP contribution in [0.3, 0.4) is 0 Å². The predicted octanol–water partition coefficient (Wildman–Crippen LogP) is 2.75. The Kier molecular flexibility index (Phi) is 4.76. The molecule has 8 nitrogen and oxygen atoms in total. The summed E-state index contributed by atoms with van der Waals surface area (Å²) in [7, 11) is 0. The zero-order valence-electron chi connectivity index (χ0n) is 17.1. The summed E-state index contributed by atoms with van der Waals surface area (Å²) in [5.74, 6) is -1.23. The summed E-state index contributed by atoms with van der Waals surface area (Å²) in [5.41, 5.74) is -1.15. The first-order chi connectivity index (χ1) is 15.6. The third-order valence-corrected chi connectivity index (χ3v) is 6.03. The van der Waals surface area contributed by atoms with Gasteiger partial charge in [-0.2, -0.15) is 18.3 Å². The summed E-state index contributed by atoms with van der Waals surface area (Å²) < 4.78 is 55.9. The van der Waals surface area contributed by atoms with E-state index in [0.717, 1.165) is 12.1 Å². The second-order valence-electron chi connectivity index (χ2n) is 8.11. The van der Waals surface area contributed by atoms with Gasteiger partial charge in [0.2, 0.25) is 5.91 Å². The standard InChI is InChI=1S/C21H18F4N6O2/c22-20(12-1-3-13(4-2-12)21(23,24)25)5-7-30(11-20)16-9-15(29-31-8-6-26-17(16)31)14-10-27-19(33)28-18(14)32/h1-4,6,8-9,14H,5,7,10-11H2,(H2,27,28,32,33). The van der Waals surface area contributed by atoms with Crippen molar-refractivity contribution in [2.45, 2.75) is 24.2 Å². The first-order valence-electron chi connectivity index (χ1n) is 10.2. The fourth-order valence-corrected chi connectivity index (χ4v) is 4.26. The summed E-state index contributed by atoms with van der Waals surface area (Å²) in [6.07, 6.45) is -1.31. The van der Waals surface area contributed by atoms with Crippen LogP contribution in [0.1, 0.15) is 29.2 Å². The Morgan fingerprint density at radius 2 is 1.91 bits per heavy atom. The molecule has 5 rings (SSSR count). The molecule has 2 fully saturated rings. The highest BCUT2D eigenvalue weighted by molar-refractivity contribution is 6.00. The van der Waals surface area contributed by atoms with Gasteiger partial charge in [0.1, 0.15) is 0 Å². The number of imidazole rings is 1. The van der Waals surface area contributed by atoms with Crippen LogP contribution in [-0.4, -0.2) is 46.2 Å². The smallest absolute Gasteiger partial charge is 0.365 e. The number of nitrogens with zero attached hydrogens (tertiary/aromatic N) is 4. The van der Waals surface area contributed by atoms with Gasteiger partial charge < -0.3 is 10.2 Å². The summed E-state index contributed by atoms with van der Waals surface area (Å²) in [6.45, 7) is 0.255. The fraction of sp³-hybridized carbons (Fsp3) is 0.333. The Morgan fingerprint density at radius 3 is 2.61 bits per heavy atom. The lowest BCUT2D eigenvalue weighted by atomic mass is 9.94. The van der Waals surface area contributed by atoms with E-state index >= 15 is 4.39 Å². The van der Waals surface area contributed by atoms with Gasteiger partial charge in [0.05, 0.1) is 29.4 Å². The lowest BCUT2D eigenvalue weighted by Crippen LogP contribution is -2.51. The van der Waals surface area contributed by atoms with Gasteiger partial charge in [0, 0.05) is 31.9 Å². The number of nitrogens with one attached hydrogen (secondary N) is 2. The second-order valence-corrected chi connectivity index (χ2v) is 8.11. The number of halogens is 4. The van der Waals surface area contributed by atoms with Crippen LogP contribution in [0.25, 0.3) is 5.65 Å². The number of benzene rings is 1. The topological polar surface area (TPSA) is 91.6 Å². The summed E-state index contributed by atoms with van der Waals surface area (Å²) in [6, 6.07) is 5.16. The highest BCUT2D eigenvalue weighted by atomic mass is 19.4. The van der Waals surface area contributed by atoms with Crippen molar-refractivity contribution in [1.29, 1.82) is 0 Å². The lowest BCUT2D eigenvalue weighted by molar-refractivity contribution is -0.137. The quantitative estimate of drug-likeness (QED) is 0.585. The van der Waals surface area contributed by atoms with Gasteiger partial charge >= 0.3 is 12.2 Å². The molecule has 2 aliphatic heterocycles. The van der Waals surface area contributed by atoms with Crippen LogP contribution >= 0.6 is 0 Å². The molecule has 4 heterocycles. The van der Waals surface area contributed by atoms with E-state index in [1.54, 1.807) is 17.2 Å². The fourth-order valence-electron chi connectivity index (χ4n) is 4.26. The van der Waals surface area contributed by atoms with Gasteiger partial charge in [-0.15, -0.1) is 0 Å². The number of anilines is 1. The van der Waals surface area contributed by atoms with Gasteiger partial charge in [-0.1, -0.05) is 12.1 Å². The van der Waals surface area contributed by atoms with Crippen molar-refractivity contribution in [1.82, 2.24) is 25.2 Å². The van der Waals surface area contributed by atoms with Crippen LogP contribution in [0.15, 0.2) is 42.7 Å². The van der Waals surface area contributed by atoms with E-state index in [1.807, 2.05) is 0 Å². The monoisotopic (exact) mass is 462 g/mol. The minimum atomic E-state index is -4.49. The number of rotatable bonds is 3. The molecule has 2 atom stereocenters. The van der Waals surface area contributed by atoms with Gasteiger partial charge in [0.15, 0.2) is 11.3 Å². The Bertz CT molecular complexity index is 1240. The molecule has 2 aromatic heterocycles. The van der Waals surface area contributed by atoms with Crippen molar-refractivity contribution in [3.63, 3.8) is 0 Å². The number of fused-ring (bicyclic) bond motifs is 1. The zero-order valence-corrected chi connectivity index (χ0v) is 17.1. The number of hydrogen-bond acceptors (Lipinski definition) is 5. The molecule has 0 bridgehead atoms. The molecule has 2 N–H and O–H groups in total. The number of hydrogen-bond donors (Lipinski definition) is 2. The number of carbonyl (C=O) groups excluding carboxylic acids is 2. The van der Waals surface area contributed by atoms with Crippen LogP contribution in [-0.2, 0) is 16.6 Å². The van der Waals surface area contributed by atoms with E-state index in [1.165, 1.54) is 22.8 Å². The Labute approximate surface area is 184 Å². The van der Waals surface area contributed by atoms with E-state index in [-0.39, 0.29) is 31.6 Å². The third-order valence-electron chi connectivity index (χ3n) is 6.03. The van der Waals surface area contributed by atoms with Crippen molar-refractivity contribution in [3.05, 3.63) is 59.5 Å². The normalized spacial score (nSPS) is 23.6. The molecule has 2 unspecified atom stereocenters. The molecule has 0 radical (unpaired) electrons. The maximum atomic E-state index is 15.8. The molecule has 2 aliphatic rings. The summed E-state index contributed by atoms with van der Waals surface area (Å²) >= 11 is 0. The van der Waals surface area contributed by atoms with Crippen LogP contribution in [0.2, 0.25) is 0 Å². The molecule has 172 valence electrons. The molecule has 0 aliphatic carbocycles. The van der Waals surface area contributed by atoms with E-state index in [2.05, 4.69) is 20.7 Å². The molecule has 3 aromatic rings.